The number of benzene rings is 2. The van der Waals surface area contributed by atoms with Gasteiger partial charge in [-0.05, 0) is 36.6 Å². The fourth-order valence-corrected chi connectivity index (χ4v) is 4.45. The summed E-state index contributed by atoms with van der Waals surface area (Å²) >= 11 is 0. The molecule has 2 bridgehead atoms. The van der Waals surface area contributed by atoms with Gasteiger partial charge in [0.05, 0.1) is 39.5 Å². The molecule has 4 rings (SSSR count). The molecule has 2 heterocycles. The van der Waals surface area contributed by atoms with Crippen molar-refractivity contribution in [3.63, 3.8) is 0 Å². The number of morpholine rings is 1. The van der Waals surface area contributed by atoms with Gasteiger partial charge in [-0.2, -0.15) is 0 Å². The quantitative estimate of drug-likeness (QED) is 0.657. The minimum Gasteiger partial charge on any atom is -0.493 e. The lowest BCUT2D eigenvalue weighted by molar-refractivity contribution is -0.0755. The first-order valence-corrected chi connectivity index (χ1v) is 10.4. The number of amides is 1. The molecule has 7 heteroatoms. The largest absolute Gasteiger partial charge is 0.493 e. The number of carbonyl (C=O) groups excluding carboxylic acids is 2. The Morgan fingerprint density at radius 1 is 0.968 bits per heavy atom. The number of carbonyl (C=O) groups is 2. The Kier molecular flexibility index (Phi) is 6.42. The molecule has 0 N–H and O–H groups in total. The third-order valence-corrected chi connectivity index (χ3v) is 5.98. The van der Waals surface area contributed by atoms with E-state index in [1.165, 1.54) is 0 Å². The number of piperidine rings is 1. The maximum atomic E-state index is 13.2. The monoisotopic (exact) mass is 425 g/mol. The first-order valence-electron chi connectivity index (χ1n) is 10.4. The predicted molar refractivity (Wildman–Crippen MR) is 113 cm³/mol. The minimum atomic E-state index is -0.348. The molecule has 1 amide bonds. The van der Waals surface area contributed by atoms with E-state index >= 15 is 0 Å². The molecule has 0 spiro atoms. The van der Waals surface area contributed by atoms with E-state index in [0.717, 1.165) is 5.56 Å². The third-order valence-electron chi connectivity index (χ3n) is 5.98. The second-order valence-electron chi connectivity index (χ2n) is 7.89. The van der Waals surface area contributed by atoms with Gasteiger partial charge in [0.25, 0.3) is 0 Å². The van der Waals surface area contributed by atoms with Crippen LogP contribution in [0.2, 0.25) is 0 Å². The topological polar surface area (TPSA) is 74.3 Å². The van der Waals surface area contributed by atoms with Crippen LogP contribution >= 0.6 is 0 Å². The van der Waals surface area contributed by atoms with E-state index in [1.54, 1.807) is 37.3 Å². The van der Waals surface area contributed by atoms with Gasteiger partial charge in [-0.3, -0.25) is 9.69 Å². The summed E-state index contributed by atoms with van der Waals surface area (Å²) < 4.78 is 21.8. The van der Waals surface area contributed by atoms with E-state index in [9.17, 15) is 9.59 Å². The highest BCUT2D eigenvalue weighted by Gasteiger charge is 2.44. The first kappa shape index (κ1) is 21.2. The van der Waals surface area contributed by atoms with E-state index in [2.05, 4.69) is 0 Å². The Morgan fingerprint density at radius 3 is 2.29 bits per heavy atom. The molecule has 0 saturated carbocycles. The van der Waals surface area contributed by atoms with Gasteiger partial charge >= 0.3 is 6.09 Å². The zero-order valence-corrected chi connectivity index (χ0v) is 17.8. The molecule has 2 aromatic rings. The van der Waals surface area contributed by atoms with Crippen LogP contribution in [0.25, 0.3) is 0 Å². The molecule has 2 aromatic carbocycles. The summed E-state index contributed by atoms with van der Waals surface area (Å²) in [6.07, 6.45) is 0.744. The van der Waals surface area contributed by atoms with Crippen LogP contribution in [-0.2, 0) is 16.1 Å². The van der Waals surface area contributed by atoms with Gasteiger partial charge in [-0.15, -0.1) is 0 Å². The molecule has 0 radical (unpaired) electrons. The van der Waals surface area contributed by atoms with E-state index in [-0.39, 0.29) is 36.5 Å². The zero-order chi connectivity index (χ0) is 21.8. The molecular weight excluding hydrogens is 398 g/mol. The number of rotatable bonds is 6. The summed E-state index contributed by atoms with van der Waals surface area (Å²) in [5.41, 5.74) is 1.53. The molecule has 31 heavy (non-hydrogen) atoms. The number of hydrogen-bond acceptors (Lipinski definition) is 6. The molecule has 2 unspecified atom stereocenters. The molecule has 2 atom stereocenters. The van der Waals surface area contributed by atoms with Crippen molar-refractivity contribution in [1.82, 2.24) is 4.90 Å². The highest BCUT2D eigenvalue weighted by atomic mass is 16.6. The predicted octanol–water partition coefficient (Wildman–Crippen LogP) is 3.70. The lowest BCUT2D eigenvalue weighted by Crippen LogP contribution is -2.59. The SMILES string of the molecule is COc1ccc(C(=O)C2CC3COCC(C2)N3C(=O)OCc2ccccc2)cc1OC. The number of hydrogen-bond donors (Lipinski definition) is 0. The summed E-state index contributed by atoms with van der Waals surface area (Å²) in [5, 5.41) is 0. The van der Waals surface area contributed by atoms with Crippen molar-refractivity contribution < 1.29 is 28.5 Å². The van der Waals surface area contributed by atoms with Gasteiger partial charge in [-0.1, -0.05) is 30.3 Å². The molecule has 2 saturated heterocycles. The van der Waals surface area contributed by atoms with E-state index in [4.69, 9.17) is 18.9 Å². The lowest BCUT2D eigenvalue weighted by atomic mass is 9.81. The zero-order valence-electron chi connectivity index (χ0n) is 17.8. The smallest absolute Gasteiger partial charge is 0.410 e. The van der Waals surface area contributed by atoms with Crippen LogP contribution in [0.4, 0.5) is 4.79 Å². The molecule has 164 valence electrons. The summed E-state index contributed by atoms with van der Waals surface area (Å²) in [4.78, 5) is 27.8. The van der Waals surface area contributed by atoms with Crippen molar-refractivity contribution in [3.8, 4) is 11.5 Å². The summed E-state index contributed by atoms with van der Waals surface area (Å²) in [5.74, 6) is 0.976. The normalized spacial score (nSPS) is 22.5. The number of ether oxygens (including phenoxy) is 4. The Hall–Kier alpha value is -3.06. The number of fused-ring (bicyclic) bond motifs is 2. The maximum absolute atomic E-state index is 13.2. The fourth-order valence-electron chi connectivity index (χ4n) is 4.45. The van der Waals surface area contributed by atoms with Gasteiger partial charge < -0.3 is 18.9 Å². The summed E-state index contributed by atoms with van der Waals surface area (Å²) in [6.45, 7) is 1.05. The van der Waals surface area contributed by atoms with Crippen molar-refractivity contribution in [2.24, 2.45) is 5.92 Å². The number of ketones is 1. The second-order valence-corrected chi connectivity index (χ2v) is 7.89. The van der Waals surface area contributed by atoms with Crippen molar-refractivity contribution in [3.05, 3.63) is 59.7 Å². The molecule has 2 aliphatic heterocycles. The van der Waals surface area contributed by atoms with Gasteiger partial charge in [0, 0.05) is 11.5 Å². The number of methoxy groups -OCH3 is 2. The first-order chi connectivity index (χ1) is 15.1. The van der Waals surface area contributed by atoms with E-state index in [1.807, 2.05) is 30.3 Å². The van der Waals surface area contributed by atoms with Crippen molar-refractivity contribution in [1.29, 1.82) is 0 Å². The number of nitrogens with zero attached hydrogens (tertiary/aromatic N) is 1. The molecular formula is C24H27NO6. The Balaban J connectivity index is 1.44. The number of Topliss-reactive ketones (excluding diaryl/α,β-unsaturated/α-hetero) is 1. The van der Waals surface area contributed by atoms with Gasteiger partial charge in [0.1, 0.15) is 6.61 Å². The average Bonchev–Trinajstić information content (AvgIpc) is 2.81. The van der Waals surface area contributed by atoms with Gasteiger partial charge in [-0.25, -0.2) is 4.79 Å². The summed E-state index contributed by atoms with van der Waals surface area (Å²) in [7, 11) is 3.11. The Labute approximate surface area is 181 Å². The lowest BCUT2D eigenvalue weighted by Gasteiger charge is -2.47. The Morgan fingerprint density at radius 2 is 1.65 bits per heavy atom. The summed E-state index contributed by atoms with van der Waals surface area (Å²) in [6, 6.07) is 14.5. The van der Waals surface area contributed by atoms with Crippen LogP contribution in [0.1, 0.15) is 28.8 Å². The van der Waals surface area contributed by atoms with Crippen LogP contribution in [-0.4, -0.2) is 56.3 Å². The van der Waals surface area contributed by atoms with Gasteiger partial charge in [0.15, 0.2) is 17.3 Å². The molecule has 7 nitrogen and oxygen atoms in total. The van der Waals surface area contributed by atoms with Crippen LogP contribution < -0.4 is 9.47 Å². The standard InChI is InChI=1S/C24H27NO6/c1-28-21-9-8-17(12-22(21)29-2)23(26)18-10-19-14-30-15-20(11-18)25(19)24(27)31-13-16-6-4-3-5-7-16/h3-9,12,18-20H,10-11,13-15H2,1-2H3. The van der Waals surface area contributed by atoms with Crippen LogP contribution in [0.3, 0.4) is 0 Å². The van der Waals surface area contributed by atoms with Crippen molar-refractivity contribution in [2.75, 3.05) is 27.4 Å². The maximum Gasteiger partial charge on any atom is 0.410 e. The van der Waals surface area contributed by atoms with Crippen LogP contribution in [0.5, 0.6) is 11.5 Å². The van der Waals surface area contributed by atoms with Crippen LogP contribution in [0, 0.1) is 5.92 Å². The highest BCUT2D eigenvalue weighted by Crippen LogP contribution is 2.36. The van der Waals surface area contributed by atoms with E-state index < -0.39 is 0 Å². The minimum absolute atomic E-state index is 0.0511. The fraction of sp³-hybridized carbons (Fsp3) is 0.417. The molecule has 2 fully saturated rings. The van der Waals surface area contributed by atoms with Crippen molar-refractivity contribution >= 4 is 11.9 Å². The van der Waals surface area contributed by atoms with Crippen LogP contribution in [0.15, 0.2) is 48.5 Å². The Bertz CT molecular complexity index is 917. The van der Waals surface area contributed by atoms with Crippen molar-refractivity contribution in [2.45, 2.75) is 31.5 Å². The van der Waals surface area contributed by atoms with Gasteiger partial charge in [0.2, 0.25) is 0 Å². The molecule has 2 aliphatic rings. The molecule has 0 aliphatic carbocycles. The second kappa shape index (κ2) is 9.39. The highest BCUT2D eigenvalue weighted by molar-refractivity contribution is 5.98. The van der Waals surface area contributed by atoms with E-state index in [0.29, 0.717) is 43.1 Å². The third kappa shape index (κ3) is 4.51. The molecule has 0 aromatic heterocycles. The average molecular weight is 425 g/mol.